The highest BCUT2D eigenvalue weighted by Gasteiger charge is 2.17. The highest BCUT2D eigenvalue weighted by molar-refractivity contribution is 6.35. The summed E-state index contributed by atoms with van der Waals surface area (Å²) in [7, 11) is 0. The molecule has 5 nitrogen and oxygen atoms in total. The Kier molecular flexibility index (Phi) is 5.39. The minimum Gasteiger partial charge on any atom is -0.348 e. The Morgan fingerprint density at radius 1 is 1.12 bits per heavy atom. The van der Waals surface area contributed by atoms with E-state index in [0.29, 0.717) is 16.6 Å². The molecule has 3 aromatic rings. The van der Waals surface area contributed by atoms with E-state index in [1.807, 2.05) is 38.1 Å². The van der Waals surface area contributed by atoms with Gasteiger partial charge in [0.1, 0.15) is 6.54 Å². The highest BCUT2D eigenvalue weighted by atomic mass is 35.5. The number of fused-ring (bicyclic) bond motifs is 1. The fraction of sp³-hybridized carbons (Fsp3) is 0.263. The Bertz CT molecular complexity index is 1020. The number of hydrogen-bond acceptors (Lipinski definition) is 2. The van der Waals surface area contributed by atoms with Gasteiger partial charge in [-0.25, -0.2) is 4.79 Å². The molecule has 0 aliphatic heterocycles. The van der Waals surface area contributed by atoms with Gasteiger partial charge in [0, 0.05) is 16.6 Å². The Balaban J connectivity index is 1.83. The number of para-hydroxylation sites is 2. The van der Waals surface area contributed by atoms with E-state index in [2.05, 4.69) is 5.32 Å². The lowest BCUT2D eigenvalue weighted by molar-refractivity contribution is -0.122. The summed E-state index contributed by atoms with van der Waals surface area (Å²) < 4.78 is 3.15. The average Bonchev–Trinajstić information content (AvgIpc) is 2.86. The van der Waals surface area contributed by atoms with Crippen LogP contribution in [0.5, 0.6) is 0 Å². The third-order valence-corrected chi connectivity index (χ3v) is 4.91. The molecule has 7 heteroatoms. The van der Waals surface area contributed by atoms with E-state index in [0.717, 1.165) is 16.6 Å². The van der Waals surface area contributed by atoms with Gasteiger partial charge in [0.25, 0.3) is 0 Å². The standard InChI is InChI=1S/C19H19Cl2N3O2/c1-3-23-16-6-4-5-7-17(16)24(19(23)26)11-18(25)22-12(2)14-9-8-13(20)10-15(14)21/h4-10,12H,3,11H2,1-2H3,(H,22,25). The number of benzene rings is 2. The van der Waals surface area contributed by atoms with Crippen LogP contribution in [0.25, 0.3) is 11.0 Å². The predicted molar refractivity (Wildman–Crippen MR) is 105 cm³/mol. The van der Waals surface area contributed by atoms with Crippen molar-refractivity contribution in [2.24, 2.45) is 0 Å². The molecule has 0 aliphatic carbocycles. The van der Waals surface area contributed by atoms with E-state index in [9.17, 15) is 9.59 Å². The van der Waals surface area contributed by atoms with Gasteiger partial charge < -0.3 is 5.32 Å². The van der Waals surface area contributed by atoms with Crippen LogP contribution in [0.1, 0.15) is 25.5 Å². The summed E-state index contributed by atoms with van der Waals surface area (Å²) in [4.78, 5) is 25.1. The first-order valence-electron chi connectivity index (χ1n) is 8.34. The molecule has 0 aliphatic rings. The van der Waals surface area contributed by atoms with Crippen molar-refractivity contribution in [2.75, 3.05) is 0 Å². The third-order valence-electron chi connectivity index (χ3n) is 4.35. The van der Waals surface area contributed by atoms with Crippen LogP contribution in [0.3, 0.4) is 0 Å². The number of carbonyl (C=O) groups excluding carboxylic acids is 1. The van der Waals surface area contributed by atoms with Crippen molar-refractivity contribution in [1.82, 2.24) is 14.5 Å². The molecule has 0 bridgehead atoms. The van der Waals surface area contributed by atoms with Gasteiger partial charge >= 0.3 is 5.69 Å². The van der Waals surface area contributed by atoms with Gasteiger partial charge in [-0.2, -0.15) is 0 Å². The molecule has 0 saturated heterocycles. The van der Waals surface area contributed by atoms with Crippen molar-refractivity contribution in [2.45, 2.75) is 33.0 Å². The summed E-state index contributed by atoms with van der Waals surface area (Å²) in [5.74, 6) is -0.260. The van der Waals surface area contributed by atoms with E-state index in [1.54, 1.807) is 22.8 Å². The number of imidazole rings is 1. The summed E-state index contributed by atoms with van der Waals surface area (Å²) in [6.45, 7) is 4.24. The molecule has 0 saturated carbocycles. The molecule has 26 heavy (non-hydrogen) atoms. The second-order valence-electron chi connectivity index (χ2n) is 6.06. The Morgan fingerprint density at radius 3 is 2.38 bits per heavy atom. The number of carbonyl (C=O) groups is 1. The zero-order valence-corrected chi connectivity index (χ0v) is 16.0. The molecule has 3 rings (SSSR count). The van der Waals surface area contributed by atoms with Crippen LogP contribution in [0.4, 0.5) is 0 Å². The molecule has 1 N–H and O–H groups in total. The lowest BCUT2D eigenvalue weighted by atomic mass is 10.1. The normalized spacial score (nSPS) is 12.3. The summed E-state index contributed by atoms with van der Waals surface area (Å²) in [6.07, 6.45) is 0. The number of nitrogens with zero attached hydrogens (tertiary/aromatic N) is 2. The first-order valence-corrected chi connectivity index (χ1v) is 9.10. The van der Waals surface area contributed by atoms with Crippen LogP contribution in [-0.4, -0.2) is 15.0 Å². The lowest BCUT2D eigenvalue weighted by Gasteiger charge is -2.16. The molecule has 2 aromatic carbocycles. The van der Waals surface area contributed by atoms with Gasteiger partial charge in [0.15, 0.2) is 0 Å². The molecule has 0 spiro atoms. The average molecular weight is 392 g/mol. The highest BCUT2D eigenvalue weighted by Crippen LogP contribution is 2.26. The van der Waals surface area contributed by atoms with Gasteiger partial charge in [-0.1, -0.05) is 41.4 Å². The van der Waals surface area contributed by atoms with Crippen LogP contribution in [-0.2, 0) is 17.9 Å². The number of amides is 1. The van der Waals surface area contributed by atoms with Gasteiger partial charge in [0.2, 0.25) is 5.91 Å². The number of aryl methyl sites for hydroxylation is 1. The summed E-state index contributed by atoms with van der Waals surface area (Å²) in [6, 6.07) is 12.3. The van der Waals surface area contributed by atoms with E-state index < -0.39 is 0 Å². The fourth-order valence-corrected chi connectivity index (χ4v) is 3.66. The summed E-state index contributed by atoms with van der Waals surface area (Å²) in [5, 5.41) is 3.92. The van der Waals surface area contributed by atoms with Crippen molar-refractivity contribution in [3.05, 3.63) is 68.6 Å². The first-order chi connectivity index (χ1) is 12.4. The minimum atomic E-state index is -0.303. The molecule has 1 aromatic heterocycles. The summed E-state index contributed by atoms with van der Waals surface area (Å²) >= 11 is 12.1. The smallest absolute Gasteiger partial charge is 0.329 e. The number of rotatable bonds is 5. The van der Waals surface area contributed by atoms with Crippen LogP contribution >= 0.6 is 23.2 Å². The van der Waals surface area contributed by atoms with Gasteiger partial charge in [0.05, 0.1) is 17.1 Å². The lowest BCUT2D eigenvalue weighted by Crippen LogP contribution is -2.34. The number of hydrogen-bond donors (Lipinski definition) is 1. The molecule has 0 radical (unpaired) electrons. The van der Waals surface area contributed by atoms with Crippen molar-refractivity contribution in [3.8, 4) is 0 Å². The number of halogens is 2. The molecule has 1 atom stereocenters. The molecule has 0 fully saturated rings. The van der Waals surface area contributed by atoms with Gasteiger partial charge in [-0.3, -0.25) is 13.9 Å². The molecular weight excluding hydrogens is 373 g/mol. The monoisotopic (exact) mass is 391 g/mol. The second kappa shape index (κ2) is 7.56. The zero-order chi connectivity index (χ0) is 18.8. The minimum absolute atomic E-state index is 0.0537. The maximum Gasteiger partial charge on any atom is 0.329 e. The third kappa shape index (κ3) is 3.50. The first kappa shape index (κ1) is 18.5. The quantitative estimate of drug-likeness (QED) is 0.714. The van der Waals surface area contributed by atoms with Crippen molar-refractivity contribution in [1.29, 1.82) is 0 Å². The zero-order valence-electron chi connectivity index (χ0n) is 14.5. The maximum absolute atomic E-state index is 12.6. The van der Waals surface area contributed by atoms with E-state index in [4.69, 9.17) is 23.2 Å². The molecule has 1 heterocycles. The van der Waals surface area contributed by atoms with E-state index in [1.165, 1.54) is 4.57 Å². The summed E-state index contributed by atoms with van der Waals surface area (Å²) in [5.41, 5.74) is 2.14. The Morgan fingerprint density at radius 2 is 1.77 bits per heavy atom. The largest absolute Gasteiger partial charge is 0.348 e. The Labute approximate surface area is 161 Å². The molecule has 136 valence electrons. The maximum atomic E-state index is 12.6. The second-order valence-corrected chi connectivity index (χ2v) is 6.90. The van der Waals surface area contributed by atoms with Crippen molar-refractivity contribution < 1.29 is 4.79 Å². The topological polar surface area (TPSA) is 56.0 Å². The van der Waals surface area contributed by atoms with Gasteiger partial charge in [-0.15, -0.1) is 0 Å². The van der Waals surface area contributed by atoms with Crippen LogP contribution in [0.2, 0.25) is 10.0 Å². The SMILES string of the molecule is CCn1c(=O)n(CC(=O)NC(C)c2ccc(Cl)cc2Cl)c2ccccc21. The number of aromatic nitrogens is 2. The van der Waals surface area contributed by atoms with Crippen LogP contribution in [0, 0.1) is 0 Å². The van der Waals surface area contributed by atoms with Gasteiger partial charge in [-0.05, 0) is 43.7 Å². The molecule has 1 unspecified atom stereocenters. The van der Waals surface area contributed by atoms with Crippen LogP contribution < -0.4 is 11.0 Å². The Hall–Kier alpha value is -2.24. The fourth-order valence-electron chi connectivity index (χ4n) is 3.09. The van der Waals surface area contributed by atoms with Crippen molar-refractivity contribution >= 4 is 40.1 Å². The predicted octanol–water partition coefficient (Wildman–Crippen LogP) is 4.01. The molecule has 1 amide bonds. The van der Waals surface area contributed by atoms with Crippen LogP contribution in [0.15, 0.2) is 47.3 Å². The molecular formula is C19H19Cl2N3O2. The van der Waals surface area contributed by atoms with E-state index in [-0.39, 0.29) is 24.2 Å². The van der Waals surface area contributed by atoms with Crippen molar-refractivity contribution in [3.63, 3.8) is 0 Å². The van der Waals surface area contributed by atoms with E-state index >= 15 is 0 Å². The number of nitrogens with one attached hydrogen (secondary N) is 1.